The summed E-state index contributed by atoms with van der Waals surface area (Å²) >= 11 is 0. The van der Waals surface area contributed by atoms with Crippen molar-refractivity contribution in [2.24, 2.45) is 0 Å². The molecule has 0 rings (SSSR count). The Morgan fingerprint density at radius 1 is 0.404 bits per heavy atom. The Morgan fingerprint density at radius 2 is 0.596 bits per heavy atom. The highest BCUT2D eigenvalue weighted by Gasteiger charge is 2.99. The van der Waals surface area contributed by atoms with Gasteiger partial charge in [0.1, 0.15) is 0 Å². The molecule has 0 fully saturated rings. The van der Waals surface area contributed by atoms with E-state index in [2.05, 4.69) is 0 Å². The van der Waals surface area contributed by atoms with Crippen LogP contribution in [0.2, 0.25) is 0 Å². The molecule has 0 aliphatic heterocycles. The Morgan fingerprint density at radius 3 is 0.787 bits per heavy atom. The molecule has 1 N–H and O–H groups in total. The zero-order chi connectivity index (χ0) is 39.2. The van der Waals surface area contributed by atoms with E-state index in [4.69, 9.17) is 4.55 Å². The SMILES string of the molecule is O=S(=O)(O)/C(F)=C(\F)C(F)C(F)(F)C(F)(F)C(F)(F)C(F)(F)C(F)(F)C(F)(F)C(F)(F)C(F)(F)C(F)(F)C(F)(F)C(F)(F)C(F)(F)F. The Labute approximate surface area is 235 Å². The highest BCUT2D eigenvalue weighted by atomic mass is 32.2. The molecule has 0 aliphatic rings. The number of halogens is 28. The van der Waals surface area contributed by atoms with E-state index >= 15 is 0 Å². The smallest absolute Gasteiger partial charge is 0.280 e. The number of hydrogen-bond donors (Lipinski definition) is 1. The van der Waals surface area contributed by atoms with Gasteiger partial charge in [-0.25, -0.2) is 8.78 Å². The molecule has 0 saturated carbocycles. The molecule has 0 amide bonds. The molecular formula is C15H2F28O3S. The van der Waals surface area contributed by atoms with E-state index in [1.807, 2.05) is 0 Å². The first-order valence-electron chi connectivity index (χ1n) is 9.62. The third-order valence-electron chi connectivity index (χ3n) is 5.28. The molecule has 1 unspecified atom stereocenters. The van der Waals surface area contributed by atoms with Crippen molar-refractivity contribution >= 4 is 10.1 Å². The minimum atomic E-state index is -9.91. The van der Waals surface area contributed by atoms with Crippen LogP contribution in [-0.4, -0.2) is 90.5 Å². The minimum absolute atomic E-state index is 4.43. The van der Waals surface area contributed by atoms with Crippen LogP contribution in [-0.2, 0) is 10.1 Å². The Balaban J connectivity index is 7.53. The van der Waals surface area contributed by atoms with Gasteiger partial charge < -0.3 is 0 Å². The Kier molecular flexibility index (Phi) is 10.6. The summed E-state index contributed by atoms with van der Waals surface area (Å²) in [6.07, 6.45) is -14.9. The van der Waals surface area contributed by atoms with E-state index < -0.39 is 98.6 Å². The van der Waals surface area contributed by atoms with Crippen molar-refractivity contribution in [3.63, 3.8) is 0 Å². The van der Waals surface area contributed by atoms with Crippen molar-refractivity contribution < 1.29 is 136 Å². The van der Waals surface area contributed by atoms with Crippen LogP contribution < -0.4 is 0 Å². The molecule has 282 valence electrons. The van der Waals surface area contributed by atoms with Gasteiger partial charge in [-0.05, 0) is 0 Å². The molecule has 3 nitrogen and oxygen atoms in total. The van der Waals surface area contributed by atoms with E-state index in [-0.39, 0.29) is 0 Å². The van der Waals surface area contributed by atoms with Gasteiger partial charge in [-0.1, -0.05) is 0 Å². The normalized spacial score (nSPS) is 17.9. The lowest BCUT2D eigenvalue weighted by molar-refractivity contribution is -0.482. The van der Waals surface area contributed by atoms with Gasteiger partial charge in [-0.15, -0.1) is 0 Å². The lowest BCUT2D eigenvalue weighted by Gasteiger charge is -2.45. The molecular weight excluding hydrogens is 792 g/mol. The Bertz CT molecular complexity index is 1320. The predicted octanol–water partition coefficient (Wildman–Crippen LogP) is 8.87. The molecule has 0 bridgehead atoms. The lowest BCUT2D eigenvalue weighted by atomic mass is 9.84. The van der Waals surface area contributed by atoms with Crippen LogP contribution >= 0.6 is 0 Å². The van der Waals surface area contributed by atoms with Gasteiger partial charge in [0.25, 0.3) is 5.16 Å². The summed E-state index contributed by atoms with van der Waals surface area (Å²) in [7, 11) is -7.04. The summed E-state index contributed by atoms with van der Waals surface area (Å²) in [6.45, 7) is 0. The maximum Gasteiger partial charge on any atom is 0.460 e. The van der Waals surface area contributed by atoms with Gasteiger partial charge in [0.2, 0.25) is 6.17 Å². The van der Waals surface area contributed by atoms with Crippen molar-refractivity contribution in [3.8, 4) is 0 Å². The van der Waals surface area contributed by atoms with Gasteiger partial charge in [0.05, 0.1) is 0 Å². The fraction of sp³-hybridized carbons (Fsp3) is 0.867. The average Bonchev–Trinajstić information content (AvgIpc) is 2.84. The van der Waals surface area contributed by atoms with Crippen LogP contribution in [0.15, 0.2) is 11.0 Å². The van der Waals surface area contributed by atoms with Crippen LogP contribution in [0.5, 0.6) is 0 Å². The molecule has 0 aromatic heterocycles. The largest absolute Gasteiger partial charge is 0.460 e. The van der Waals surface area contributed by atoms with Crippen molar-refractivity contribution in [2.75, 3.05) is 0 Å². The van der Waals surface area contributed by atoms with E-state index in [9.17, 15) is 131 Å². The zero-order valence-electron chi connectivity index (χ0n) is 19.8. The Hall–Kier alpha value is -2.31. The van der Waals surface area contributed by atoms with Gasteiger partial charge in [0, 0.05) is 0 Å². The summed E-state index contributed by atoms with van der Waals surface area (Å²) < 4.78 is 400. The maximum atomic E-state index is 13.7. The summed E-state index contributed by atoms with van der Waals surface area (Å²) in [4.78, 5) is 0. The number of allylic oxidation sites excluding steroid dienone is 1. The average molecular weight is 794 g/mol. The second-order valence-corrected chi connectivity index (χ2v) is 9.63. The van der Waals surface area contributed by atoms with Crippen LogP contribution in [0.25, 0.3) is 0 Å². The number of rotatable bonds is 13. The van der Waals surface area contributed by atoms with Crippen LogP contribution in [0.3, 0.4) is 0 Å². The highest BCUT2D eigenvalue weighted by Crippen LogP contribution is 2.68. The first kappa shape index (κ1) is 44.7. The van der Waals surface area contributed by atoms with E-state index in [0.29, 0.717) is 0 Å². The highest BCUT2D eigenvalue weighted by molar-refractivity contribution is 7.89. The van der Waals surface area contributed by atoms with Crippen molar-refractivity contribution in [3.05, 3.63) is 11.0 Å². The summed E-state index contributed by atoms with van der Waals surface area (Å²) in [5.41, 5.74) is 0. The molecule has 0 heterocycles. The number of alkyl halides is 26. The van der Waals surface area contributed by atoms with E-state index in [1.165, 1.54) is 0 Å². The molecule has 0 aromatic rings. The maximum absolute atomic E-state index is 13.7. The first-order valence-corrected chi connectivity index (χ1v) is 11.1. The van der Waals surface area contributed by atoms with Crippen molar-refractivity contribution in [1.82, 2.24) is 0 Å². The molecule has 0 aliphatic carbocycles. The third kappa shape index (κ3) is 5.58. The molecule has 0 spiro atoms. The standard InChI is InChI=1S/C15H2F28O3S/c16-1(3(18)47(44,45)46)2(17)4(19,20)5(21,22)6(23,24)7(25,26)8(27,28)9(29,30)10(31,32)11(33,34)12(35,36)13(37,38)14(39,40)15(41,42)43/h2H,(H,44,45,46)/b3-1-. The quantitative estimate of drug-likeness (QED) is 0.150. The molecule has 1 atom stereocenters. The van der Waals surface area contributed by atoms with Gasteiger partial charge in [-0.2, -0.15) is 123 Å². The second kappa shape index (κ2) is 11.1. The van der Waals surface area contributed by atoms with Gasteiger partial charge >= 0.3 is 81.4 Å². The molecule has 47 heavy (non-hydrogen) atoms. The molecule has 0 saturated heterocycles. The van der Waals surface area contributed by atoms with Gasteiger partial charge in [-0.3, -0.25) is 4.55 Å². The van der Waals surface area contributed by atoms with Crippen molar-refractivity contribution in [1.29, 1.82) is 0 Å². The van der Waals surface area contributed by atoms with Crippen LogP contribution in [0.1, 0.15) is 0 Å². The fourth-order valence-electron chi connectivity index (χ4n) is 2.51. The lowest BCUT2D eigenvalue weighted by Crippen LogP contribution is -2.78. The predicted molar refractivity (Wildman–Crippen MR) is 86.2 cm³/mol. The minimum Gasteiger partial charge on any atom is -0.280 e. The molecule has 0 aromatic carbocycles. The second-order valence-electron chi connectivity index (χ2n) is 8.32. The summed E-state index contributed by atoms with van der Waals surface area (Å²) in [6, 6.07) is 0. The van der Waals surface area contributed by atoms with E-state index in [0.717, 1.165) is 0 Å². The van der Waals surface area contributed by atoms with Gasteiger partial charge in [0.15, 0.2) is 5.83 Å². The zero-order valence-corrected chi connectivity index (χ0v) is 20.6. The van der Waals surface area contributed by atoms with Crippen LogP contribution in [0, 0.1) is 0 Å². The molecule has 0 radical (unpaired) electrons. The topological polar surface area (TPSA) is 54.4 Å². The fourth-order valence-corrected chi connectivity index (χ4v) is 2.86. The number of hydrogen-bond acceptors (Lipinski definition) is 2. The first-order chi connectivity index (χ1) is 19.7. The summed E-state index contributed by atoms with van der Waals surface area (Å²) in [5, 5.41) is -4.43. The van der Waals surface area contributed by atoms with Crippen LogP contribution in [0.4, 0.5) is 123 Å². The summed E-state index contributed by atoms with van der Waals surface area (Å²) in [5.74, 6) is -109. The van der Waals surface area contributed by atoms with Crippen molar-refractivity contribution in [2.45, 2.75) is 77.5 Å². The van der Waals surface area contributed by atoms with E-state index in [1.54, 1.807) is 0 Å². The molecule has 32 heteroatoms. The third-order valence-corrected chi connectivity index (χ3v) is 5.93. The monoisotopic (exact) mass is 794 g/mol.